The molecule has 0 amide bonds. The fourth-order valence-electron chi connectivity index (χ4n) is 1.09. The highest BCUT2D eigenvalue weighted by atomic mass is 16.5. The third kappa shape index (κ3) is 6.66. The van der Waals surface area contributed by atoms with Gasteiger partial charge >= 0.3 is 5.97 Å². The van der Waals surface area contributed by atoms with Crippen LogP contribution in [0.2, 0.25) is 0 Å². The Morgan fingerprint density at radius 3 is 2.71 bits per heavy atom. The molecule has 0 aliphatic carbocycles. The van der Waals surface area contributed by atoms with E-state index >= 15 is 0 Å². The van der Waals surface area contributed by atoms with Crippen molar-refractivity contribution in [2.24, 2.45) is 0 Å². The van der Waals surface area contributed by atoms with Gasteiger partial charge in [-0.25, -0.2) is 0 Å². The van der Waals surface area contributed by atoms with Crippen molar-refractivity contribution in [2.45, 2.75) is 45.6 Å². The summed E-state index contributed by atoms with van der Waals surface area (Å²) >= 11 is 0. The smallest absolute Gasteiger partial charge is 0.305 e. The molecular weight excluding hydrogens is 180 g/mol. The van der Waals surface area contributed by atoms with E-state index in [9.17, 15) is 9.90 Å². The van der Waals surface area contributed by atoms with Gasteiger partial charge in [0.25, 0.3) is 0 Å². The van der Waals surface area contributed by atoms with E-state index in [1.165, 1.54) is 12.7 Å². The monoisotopic (exact) mass is 200 g/mol. The van der Waals surface area contributed by atoms with Crippen LogP contribution in [0.1, 0.15) is 39.5 Å². The second-order valence-corrected chi connectivity index (χ2v) is 3.40. The molecular formula is C11H20O3. The molecule has 0 fully saturated rings. The van der Waals surface area contributed by atoms with Crippen LogP contribution in [0.3, 0.4) is 0 Å². The van der Waals surface area contributed by atoms with Crippen molar-refractivity contribution in [3.63, 3.8) is 0 Å². The van der Waals surface area contributed by atoms with Crippen LogP contribution < -0.4 is 0 Å². The van der Waals surface area contributed by atoms with Crippen molar-refractivity contribution in [1.82, 2.24) is 0 Å². The quantitative estimate of drug-likeness (QED) is 0.527. The third-order valence-corrected chi connectivity index (χ3v) is 2.14. The van der Waals surface area contributed by atoms with Gasteiger partial charge in [0, 0.05) is 6.42 Å². The topological polar surface area (TPSA) is 46.5 Å². The minimum absolute atomic E-state index is 0.214. The Morgan fingerprint density at radius 2 is 2.21 bits per heavy atom. The predicted molar refractivity (Wildman–Crippen MR) is 55.9 cm³/mol. The molecule has 1 N–H and O–H groups in total. The molecule has 0 saturated carbocycles. The number of hydrogen-bond donors (Lipinski definition) is 1. The van der Waals surface area contributed by atoms with Gasteiger partial charge in [-0.3, -0.25) is 4.79 Å². The Hall–Kier alpha value is -0.830. The number of aliphatic hydroxyl groups excluding tert-OH is 1. The highest BCUT2D eigenvalue weighted by Crippen LogP contribution is 2.07. The van der Waals surface area contributed by atoms with Gasteiger partial charge in [-0.1, -0.05) is 18.6 Å². The van der Waals surface area contributed by atoms with Crippen LogP contribution in [0.25, 0.3) is 0 Å². The van der Waals surface area contributed by atoms with Crippen LogP contribution in [0.15, 0.2) is 11.6 Å². The van der Waals surface area contributed by atoms with Gasteiger partial charge in [-0.15, -0.1) is 0 Å². The second-order valence-electron chi connectivity index (χ2n) is 3.40. The lowest BCUT2D eigenvalue weighted by atomic mass is 10.1. The Bertz CT molecular complexity index is 197. The SMILES string of the molecule is CCC(C)=CC(O)CCCC(=O)OC. The first-order valence-electron chi connectivity index (χ1n) is 5.02. The summed E-state index contributed by atoms with van der Waals surface area (Å²) < 4.78 is 4.50. The summed E-state index contributed by atoms with van der Waals surface area (Å²) in [4.78, 5) is 10.8. The van der Waals surface area contributed by atoms with E-state index in [0.717, 1.165) is 6.42 Å². The number of methoxy groups -OCH3 is 1. The number of ether oxygens (including phenoxy) is 1. The Balaban J connectivity index is 3.64. The number of carbonyl (C=O) groups is 1. The van der Waals surface area contributed by atoms with Crippen LogP contribution in [0.5, 0.6) is 0 Å². The molecule has 0 aromatic heterocycles. The van der Waals surface area contributed by atoms with E-state index in [-0.39, 0.29) is 5.97 Å². The maximum atomic E-state index is 10.8. The number of carbonyl (C=O) groups excluding carboxylic acids is 1. The zero-order chi connectivity index (χ0) is 11.0. The lowest BCUT2D eigenvalue weighted by Gasteiger charge is -2.06. The molecule has 0 radical (unpaired) electrons. The largest absolute Gasteiger partial charge is 0.469 e. The maximum Gasteiger partial charge on any atom is 0.305 e. The molecule has 0 heterocycles. The van der Waals surface area contributed by atoms with Crippen molar-refractivity contribution in [2.75, 3.05) is 7.11 Å². The number of esters is 1. The minimum Gasteiger partial charge on any atom is -0.469 e. The van der Waals surface area contributed by atoms with E-state index < -0.39 is 6.10 Å². The molecule has 0 rings (SSSR count). The molecule has 0 aliphatic heterocycles. The van der Waals surface area contributed by atoms with Gasteiger partial charge in [0.05, 0.1) is 13.2 Å². The van der Waals surface area contributed by atoms with Gasteiger partial charge in [0.1, 0.15) is 0 Å². The van der Waals surface area contributed by atoms with Crippen LogP contribution in [0.4, 0.5) is 0 Å². The molecule has 14 heavy (non-hydrogen) atoms. The lowest BCUT2D eigenvalue weighted by molar-refractivity contribution is -0.140. The summed E-state index contributed by atoms with van der Waals surface area (Å²) in [6.07, 6.45) is 4.03. The average Bonchev–Trinajstić information content (AvgIpc) is 2.17. The average molecular weight is 200 g/mol. The first-order chi connectivity index (χ1) is 6.60. The van der Waals surface area contributed by atoms with Gasteiger partial charge in [0.2, 0.25) is 0 Å². The van der Waals surface area contributed by atoms with E-state index in [2.05, 4.69) is 4.74 Å². The zero-order valence-corrected chi connectivity index (χ0v) is 9.25. The number of aliphatic hydroxyl groups is 1. The molecule has 0 spiro atoms. The predicted octanol–water partition coefficient (Wildman–Crippen LogP) is 2.05. The normalized spacial score (nSPS) is 13.9. The molecule has 0 bridgehead atoms. The summed E-state index contributed by atoms with van der Waals surface area (Å²) in [5, 5.41) is 9.51. The van der Waals surface area contributed by atoms with Crippen LogP contribution >= 0.6 is 0 Å². The van der Waals surface area contributed by atoms with Crippen molar-refractivity contribution in [3.05, 3.63) is 11.6 Å². The number of rotatable bonds is 6. The van der Waals surface area contributed by atoms with Crippen LogP contribution in [-0.4, -0.2) is 24.3 Å². The van der Waals surface area contributed by atoms with Crippen molar-refractivity contribution in [3.8, 4) is 0 Å². The molecule has 0 saturated heterocycles. The third-order valence-electron chi connectivity index (χ3n) is 2.14. The van der Waals surface area contributed by atoms with E-state index in [1.54, 1.807) is 0 Å². The Kier molecular flexibility index (Phi) is 7.11. The van der Waals surface area contributed by atoms with E-state index in [1.807, 2.05) is 19.9 Å². The summed E-state index contributed by atoms with van der Waals surface area (Å²) in [5.41, 5.74) is 1.18. The van der Waals surface area contributed by atoms with E-state index in [4.69, 9.17) is 0 Å². The molecule has 1 atom stereocenters. The standard InChI is InChI=1S/C11H20O3/c1-4-9(2)8-10(12)6-5-7-11(13)14-3/h8,10,12H,4-7H2,1-3H3. The van der Waals surface area contributed by atoms with Crippen molar-refractivity contribution >= 4 is 5.97 Å². The number of allylic oxidation sites excluding steroid dienone is 1. The van der Waals surface area contributed by atoms with Gasteiger partial charge < -0.3 is 9.84 Å². The molecule has 82 valence electrons. The Morgan fingerprint density at radius 1 is 1.57 bits per heavy atom. The molecule has 1 unspecified atom stereocenters. The maximum absolute atomic E-state index is 10.8. The van der Waals surface area contributed by atoms with Gasteiger partial charge in [-0.2, -0.15) is 0 Å². The van der Waals surface area contributed by atoms with Crippen LogP contribution in [0, 0.1) is 0 Å². The zero-order valence-electron chi connectivity index (χ0n) is 9.25. The first kappa shape index (κ1) is 13.2. The lowest BCUT2D eigenvalue weighted by Crippen LogP contribution is -2.06. The fraction of sp³-hybridized carbons (Fsp3) is 0.727. The van der Waals surface area contributed by atoms with Gasteiger partial charge in [-0.05, 0) is 26.2 Å². The van der Waals surface area contributed by atoms with E-state index in [0.29, 0.717) is 19.3 Å². The van der Waals surface area contributed by atoms with Crippen molar-refractivity contribution < 1.29 is 14.6 Å². The summed E-state index contributed by atoms with van der Waals surface area (Å²) in [5.74, 6) is -0.214. The summed E-state index contributed by atoms with van der Waals surface area (Å²) in [6.45, 7) is 4.04. The molecule has 3 nitrogen and oxygen atoms in total. The molecule has 0 aliphatic rings. The minimum atomic E-state index is -0.431. The van der Waals surface area contributed by atoms with Gasteiger partial charge in [0.15, 0.2) is 0 Å². The summed E-state index contributed by atoms with van der Waals surface area (Å²) in [7, 11) is 1.37. The molecule has 0 aromatic carbocycles. The highest BCUT2D eigenvalue weighted by molar-refractivity contribution is 5.68. The van der Waals surface area contributed by atoms with Crippen LogP contribution in [-0.2, 0) is 9.53 Å². The first-order valence-corrected chi connectivity index (χ1v) is 5.02. The molecule has 3 heteroatoms. The second kappa shape index (κ2) is 7.56. The number of hydrogen-bond acceptors (Lipinski definition) is 3. The fourth-order valence-corrected chi connectivity index (χ4v) is 1.09. The Labute approximate surface area is 85.8 Å². The highest BCUT2D eigenvalue weighted by Gasteiger charge is 2.04. The molecule has 0 aromatic rings. The van der Waals surface area contributed by atoms with Crippen molar-refractivity contribution in [1.29, 1.82) is 0 Å². The summed E-state index contributed by atoms with van der Waals surface area (Å²) in [6, 6.07) is 0.